The molecular formula is C38H41N3O6. The maximum absolute atomic E-state index is 13.2. The molecule has 9 heteroatoms. The summed E-state index contributed by atoms with van der Waals surface area (Å²) < 4.78 is 17.1. The van der Waals surface area contributed by atoms with Gasteiger partial charge in [-0.05, 0) is 86.3 Å². The zero-order chi connectivity index (χ0) is 33.6. The van der Waals surface area contributed by atoms with E-state index in [2.05, 4.69) is 5.32 Å². The van der Waals surface area contributed by atoms with Gasteiger partial charge in [-0.2, -0.15) is 0 Å². The number of amidine groups is 1. The minimum absolute atomic E-state index is 0.00742. The zero-order valence-corrected chi connectivity index (χ0v) is 27.2. The van der Waals surface area contributed by atoms with E-state index in [1.807, 2.05) is 81.4 Å². The van der Waals surface area contributed by atoms with Gasteiger partial charge in [0.15, 0.2) is 0 Å². The molecule has 1 aliphatic heterocycles. The lowest BCUT2D eigenvalue weighted by molar-refractivity contribution is -0.144. The van der Waals surface area contributed by atoms with Crippen LogP contribution in [0.2, 0.25) is 0 Å². The average molecular weight is 636 g/mol. The number of rotatable bonds is 9. The van der Waals surface area contributed by atoms with E-state index in [1.54, 1.807) is 42.2 Å². The molecule has 4 aromatic carbocycles. The first-order valence-electron chi connectivity index (χ1n) is 15.9. The summed E-state index contributed by atoms with van der Waals surface area (Å²) in [6.45, 7) is 8.62. The Morgan fingerprint density at radius 1 is 0.915 bits per heavy atom. The van der Waals surface area contributed by atoms with Crippen LogP contribution in [0.25, 0.3) is 10.8 Å². The summed E-state index contributed by atoms with van der Waals surface area (Å²) in [6, 6.07) is 27.8. The first-order valence-corrected chi connectivity index (χ1v) is 15.9. The van der Waals surface area contributed by atoms with Gasteiger partial charge >= 0.3 is 12.1 Å². The molecule has 2 amide bonds. The number of nitrogens with zero attached hydrogens (tertiary/aromatic N) is 1. The Morgan fingerprint density at radius 3 is 2.34 bits per heavy atom. The molecule has 47 heavy (non-hydrogen) atoms. The molecule has 2 atom stereocenters. The molecule has 0 aromatic heterocycles. The maximum atomic E-state index is 13.2. The number of esters is 1. The third-order valence-electron chi connectivity index (χ3n) is 7.86. The molecule has 0 aliphatic carbocycles. The van der Waals surface area contributed by atoms with Gasteiger partial charge in [0.1, 0.15) is 23.3 Å². The van der Waals surface area contributed by atoms with Crippen LogP contribution in [0.5, 0.6) is 5.75 Å². The van der Waals surface area contributed by atoms with Crippen molar-refractivity contribution in [3.63, 3.8) is 0 Å². The van der Waals surface area contributed by atoms with Crippen LogP contribution in [-0.4, -0.2) is 60.1 Å². The molecule has 1 saturated heterocycles. The molecule has 0 unspecified atom stereocenters. The van der Waals surface area contributed by atoms with Gasteiger partial charge in [0, 0.05) is 24.1 Å². The van der Waals surface area contributed by atoms with Crippen molar-refractivity contribution < 1.29 is 28.6 Å². The van der Waals surface area contributed by atoms with E-state index >= 15 is 0 Å². The second kappa shape index (κ2) is 14.5. The Labute approximate surface area is 275 Å². The molecule has 4 aromatic rings. The van der Waals surface area contributed by atoms with Crippen LogP contribution in [0.15, 0.2) is 91.0 Å². The SMILES string of the molecule is CCOC(=O)[C@@H](Cc1ccc2ccc(C(=N)NC(=O)c3ccccc3)cc2c1)c1ccc(O[C@H]2CCN(C(=O)OC(C)(C)C)C2)cc1. The summed E-state index contributed by atoms with van der Waals surface area (Å²) in [5, 5.41) is 13.0. The van der Waals surface area contributed by atoms with E-state index in [4.69, 9.17) is 19.6 Å². The summed E-state index contributed by atoms with van der Waals surface area (Å²) in [7, 11) is 0. The number of carbonyl (C=O) groups is 3. The highest BCUT2D eigenvalue weighted by atomic mass is 16.6. The number of nitrogens with one attached hydrogen (secondary N) is 2. The normalized spacial score (nSPS) is 15.1. The molecule has 0 saturated carbocycles. The molecule has 1 heterocycles. The summed E-state index contributed by atoms with van der Waals surface area (Å²) >= 11 is 0. The Hall–Kier alpha value is -5.18. The fourth-order valence-electron chi connectivity index (χ4n) is 5.53. The predicted octanol–water partition coefficient (Wildman–Crippen LogP) is 6.87. The monoisotopic (exact) mass is 635 g/mol. The summed E-state index contributed by atoms with van der Waals surface area (Å²) in [5.74, 6) is -0.531. The summed E-state index contributed by atoms with van der Waals surface area (Å²) in [6.07, 6.45) is 0.628. The Morgan fingerprint density at radius 2 is 1.64 bits per heavy atom. The van der Waals surface area contributed by atoms with Gasteiger partial charge in [-0.1, -0.05) is 60.7 Å². The summed E-state index contributed by atoms with van der Waals surface area (Å²) in [5.41, 5.74) is 2.24. The number of hydrogen-bond donors (Lipinski definition) is 2. The molecule has 1 aliphatic rings. The minimum atomic E-state index is -0.553. The predicted molar refractivity (Wildman–Crippen MR) is 181 cm³/mol. The number of carbonyl (C=O) groups excluding carboxylic acids is 3. The number of hydrogen-bond acceptors (Lipinski definition) is 7. The van der Waals surface area contributed by atoms with Crippen molar-refractivity contribution in [2.45, 2.75) is 58.2 Å². The fraction of sp³-hybridized carbons (Fsp3) is 0.316. The van der Waals surface area contributed by atoms with Crippen molar-refractivity contribution in [1.29, 1.82) is 5.41 Å². The molecule has 0 radical (unpaired) electrons. The Balaban J connectivity index is 1.27. The molecule has 9 nitrogen and oxygen atoms in total. The van der Waals surface area contributed by atoms with Gasteiger partial charge < -0.3 is 24.4 Å². The third kappa shape index (κ3) is 8.76. The highest BCUT2D eigenvalue weighted by Gasteiger charge is 2.31. The molecule has 0 bridgehead atoms. The van der Waals surface area contributed by atoms with Gasteiger partial charge in [0.05, 0.1) is 19.1 Å². The van der Waals surface area contributed by atoms with E-state index in [0.29, 0.717) is 42.8 Å². The number of ether oxygens (including phenoxy) is 3. The molecular weight excluding hydrogens is 594 g/mol. The highest BCUT2D eigenvalue weighted by molar-refractivity contribution is 6.12. The van der Waals surface area contributed by atoms with Crippen LogP contribution >= 0.6 is 0 Å². The number of amides is 2. The first-order chi connectivity index (χ1) is 22.5. The van der Waals surface area contributed by atoms with Crippen molar-refractivity contribution >= 4 is 34.6 Å². The molecule has 2 N–H and O–H groups in total. The third-order valence-corrected chi connectivity index (χ3v) is 7.86. The van der Waals surface area contributed by atoms with Crippen LogP contribution in [-0.2, 0) is 20.7 Å². The van der Waals surface area contributed by atoms with Crippen molar-refractivity contribution in [3.8, 4) is 5.75 Å². The fourth-order valence-corrected chi connectivity index (χ4v) is 5.53. The van der Waals surface area contributed by atoms with Gasteiger partial charge in [-0.15, -0.1) is 0 Å². The van der Waals surface area contributed by atoms with Gasteiger partial charge in [-0.25, -0.2) is 4.79 Å². The molecule has 1 fully saturated rings. The topological polar surface area (TPSA) is 118 Å². The number of benzene rings is 4. The van der Waals surface area contributed by atoms with Crippen LogP contribution in [0, 0.1) is 5.41 Å². The minimum Gasteiger partial charge on any atom is -0.489 e. The first kappa shape index (κ1) is 33.2. The lowest BCUT2D eigenvalue weighted by Crippen LogP contribution is -2.36. The Kier molecular flexibility index (Phi) is 10.2. The average Bonchev–Trinajstić information content (AvgIpc) is 3.52. The van der Waals surface area contributed by atoms with Gasteiger partial charge in [0.2, 0.25) is 0 Å². The molecule has 244 valence electrons. The van der Waals surface area contributed by atoms with E-state index in [9.17, 15) is 14.4 Å². The zero-order valence-electron chi connectivity index (χ0n) is 27.2. The van der Waals surface area contributed by atoms with Crippen molar-refractivity contribution in [2.24, 2.45) is 0 Å². The van der Waals surface area contributed by atoms with E-state index in [1.165, 1.54) is 0 Å². The number of fused-ring (bicyclic) bond motifs is 1. The van der Waals surface area contributed by atoms with Gasteiger partial charge in [-0.3, -0.25) is 15.0 Å². The smallest absolute Gasteiger partial charge is 0.410 e. The number of likely N-dealkylation sites (tertiary alicyclic amines) is 1. The quantitative estimate of drug-likeness (QED) is 0.118. The highest BCUT2D eigenvalue weighted by Crippen LogP contribution is 2.28. The van der Waals surface area contributed by atoms with E-state index in [-0.39, 0.29) is 36.5 Å². The maximum Gasteiger partial charge on any atom is 0.410 e. The van der Waals surface area contributed by atoms with Crippen molar-refractivity contribution in [2.75, 3.05) is 19.7 Å². The standard InChI is InChI=1S/C38H41N3O6/c1-5-45-36(43)33(27-15-17-31(18-16-27)46-32-19-20-41(24-32)37(44)47-38(2,3)4)22-25-11-12-26-13-14-29(23-30(26)21-25)34(39)40-35(42)28-9-7-6-8-10-28/h6-18,21,23,32-33H,5,19-20,22,24H2,1-4H3,(H2,39,40,42)/t32-,33-/m0/s1. The lowest BCUT2D eigenvalue weighted by atomic mass is 9.91. The van der Waals surface area contributed by atoms with E-state index in [0.717, 1.165) is 21.9 Å². The largest absolute Gasteiger partial charge is 0.489 e. The summed E-state index contributed by atoms with van der Waals surface area (Å²) in [4.78, 5) is 39.8. The van der Waals surface area contributed by atoms with Crippen LogP contribution in [0.4, 0.5) is 4.79 Å². The van der Waals surface area contributed by atoms with Crippen molar-refractivity contribution in [1.82, 2.24) is 10.2 Å². The van der Waals surface area contributed by atoms with Crippen molar-refractivity contribution in [3.05, 3.63) is 113 Å². The van der Waals surface area contributed by atoms with Gasteiger partial charge in [0.25, 0.3) is 5.91 Å². The lowest BCUT2D eigenvalue weighted by Gasteiger charge is -2.24. The second-order valence-electron chi connectivity index (χ2n) is 12.6. The van der Waals surface area contributed by atoms with Crippen LogP contribution in [0.1, 0.15) is 67.1 Å². The molecule has 0 spiro atoms. The molecule has 5 rings (SSSR count). The van der Waals surface area contributed by atoms with Crippen LogP contribution < -0.4 is 10.1 Å². The van der Waals surface area contributed by atoms with E-state index < -0.39 is 11.5 Å². The Bertz CT molecular complexity index is 1750. The van der Waals surface area contributed by atoms with Crippen LogP contribution in [0.3, 0.4) is 0 Å². The second-order valence-corrected chi connectivity index (χ2v) is 12.6.